The first-order chi connectivity index (χ1) is 10.3. The van der Waals surface area contributed by atoms with Gasteiger partial charge in [-0.1, -0.05) is 6.07 Å². The number of phenolic OH excluding ortho intramolecular Hbond substituents is 4. The third-order valence-electron chi connectivity index (χ3n) is 4.07. The van der Waals surface area contributed by atoms with E-state index in [1.54, 1.807) is 6.92 Å². The molecule has 0 bridgehead atoms. The monoisotopic (exact) mass is 304 g/mol. The van der Waals surface area contributed by atoms with Gasteiger partial charge in [0.2, 0.25) is 0 Å². The van der Waals surface area contributed by atoms with Crippen LogP contribution in [0, 0.1) is 0 Å². The second kappa shape index (κ2) is 4.71. The van der Waals surface area contributed by atoms with Gasteiger partial charge >= 0.3 is 0 Å². The van der Waals surface area contributed by atoms with Crippen LogP contribution in [0.3, 0.4) is 0 Å². The van der Waals surface area contributed by atoms with E-state index in [4.69, 9.17) is 4.74 Å². The molecule has 2 aromatic rings. The summed E-state index contributed by atoms with van der Waals surface area (Å²) in [5.41, 5.74) is -0.326. The summed E-state index contributed by atoms with van der Waals surface area (Å²) in [6, 6.07) is 6.70. The SMILES string of the molecule is CC1(c2ccc(O)c(O)c2)Oc2cc(O)cc(O)c2C[C@@H]1O. The molecule has 0 saturated carbocycles. The van der Waals surface area contributed by atoms with E-state index in [0.29, 0.717) is 11.1 Å². The zero-order valence-corrected chi connectivity index (χ0v) is 11.8. The number of aliphatic hydroxyl groups excluding tert-OH is 1. The van der Waals surface area contributed by atoms with Crippen LogP contribution in [0.1, 0.15) is 18.1 Å². The minimum absolute atomic E-state index is 0.125. The van der Waals surface area contributed by atoms with Crippen LogP contribution in [-0.4, -0.2) is 31.6 Å². The highest BCUT2D eigenvalue weighted by Gasteiger charge is 2.43. The van der Waals surface area contributed by atoms with Crippen LogP contribution in [0.15, 0.2) is 30.3 Å². The lowest BCUT2D eigenvalue weighted by Gasteiger charge is -2.40. The molecule has 5 N–H and O–H groups in total. The van der Waals surface area contributed by atoms with E-state index in [1.165, 1.54) is 30.3 Å². The van der Waals surface area contributed by atoms with Gasteiger partial charge in [-0.15, -0.1) is 0 Å². The van der Waals surface area contributed by atoms with Crippen molar-refractivity contribution in [3.05, 3.63) is 41.5 Å². The highest BCUT2D eigenvalue weighted by atomic mass is 16.5. The van der Waals surface area contributed by atoms with Gasteiger partial charge < -0.3 is 30.3 Å². The maximum absolute atomic E-state index is 10.4. The molecule has 116 valence electrons. The first-order valence-corrected chi connectivity index (χ1v) is 6.75. The molecule has 6 heteroatoms. The van der Waals surface area contributed by atoms with Crippen molar-refractivity contribution in [3.63, 3.8) is 0 Å². The topological polar surface area (TPSA) is 110 Å². The quantitative estimate of drug-likeness (QED) is 0.513. The maximum atomic E-state index is 10.4. The lowest BCUT2D eigenvalue weighted by molar-refractivity contribution is -0.0597. The Kier molecular flexibility index (Phi) is 3.07. The zero-order valence-electron chi connectivity index (χ0n) is 11.8. The predicted octanol–water partition coefficient (Wildman–Crippen LogP) is 1.72. The highest BCUT2D eigenvalue weighted by Crippen LogP contribution is 2.45. The van der Waals surface area contributed by atoms with Gasteiger partial charge in [0.25, 0.3) is 0 Å². The Balaban J connectivity index is 2.09. The van der Waals surface area contributed by atoms with Crippen LogP contribution < -0.4 is 4.74 Å². The molecule has 0 aliphatic carbocycles. The molecule has 0 fully saturated rings. The number of benzene rings is 2. The van der Waals surface area contributed by atoms with Crippen molar-refractivity contribution in [1.82, 2.24) is 0 Å². The third kappa shape index (κ3) is 2.08. The van der Waals surface area contributed by atoms with Gasteiger partial charge in [0.1, 0.15) is 23.4 Å². The number of ether oxygens (including phenoxy) is 1. The molecule has 22 heavy (non-hydrogen) atoms. The molecule has 2 aromatic carbocycles. The predicted molar refractivity (Wildman–Crippen MR) is 77.2 cm³/mol. The van der Waals surface area contributed by atoms with Crippen molar-refractivity contribution < 1.29 is 30.3 Å². The van der Waals surface area contributed by atoms with Crippen molar-refractivity contribution >= 4 is 0 Å². The number of fused-ring (bicyclic) bond motifs is 1. The van der Waals surface area contributed by atoms with Gasteiger partial charge in [-0.2, -0.15) is 0 Å². The second-order valence-corrected chi connectivity index (χ2v) is 5.57. The van der Waals surface area contributed by atoms with E-state index >= 15 is 0 Å². The summed E-state index contributed by atoms with van der Waals surface area (Å²) in [5, 5.41) is 48.9. The molecule has 0 saturated heterocycles. The standard InChI is InChI=1S/C16H16O6/c1-16(8-2-3-11(18)13(20)4-8)15(21)7-10-12(19)5-9(17)6-14(10)22-16/h2-6,15,17-21H,7H2,1H3/t15-,16?/m0/s1. The molecule has 3 rings (SSSR count). The molecule has 2 atom stereocenters. The Hall–Kier alpha value is -2.60. The van der Waals surface area contributed by atoms with Gasteiger partial charge in [0, 0.05) is 29.7 Å². The third-order valence-corrected chi connectivity index (χ3v) is 4.07. The first-order valence-electron chi connectivity index (χ1n) is 6.75. The van der Waals surface area contributed by atoms with Crippen molar-refractivity contribution in [2.24, 2.45) is 0 Å². The normalized spacial score (nSPS) is 23.6. The average molecular weight is 304 g/mol. The second-order valence-electron chi connectivity index (χ2n) is 5.57. The largest absolute Gasteiger partial charge is 0.508 e. The molecule has 1 aliphatic rings. The molecule has 0 aromatic heterocycles. The number of rotatable bonds is 1. The Morgan fingerprint density at radius 2 is 1.73 bits per heavy atom. The Morgan fingerprint density at radius 1 is 1.00 bits per heavy atom. The van der Waals surface area contributed by atoms with Crippen LogP contribution in [0.2, 0.25) is 0 Å². The fourth-order valence-corrected chi connectivity index (χ4v) is 2.68. The van der Waals surface area contributed by atoms with Crippen molar-refractivity contribution in [2.45, 2.75) is 25.0 Å². The number of aliphatic hydroxyl groups is 1. The summed E-state index contributed by atoms with van der Waals surface area (Å²) < 4.78 is 5.81. The van der Waals surface area contributed by atoms with Crippen molar-refractivity contribution in [2.75, 3.05) is 0 Å². The number of hydrogen-bond acceptors (Lipinski definition) is 6. The van der Waals surface area contributed by atoms with E-state index in [9.17, 15) is 25.5 Å². The summed E-state index contributed by atoms with van der Waals surface area (Å²) in [6.07, 6.45) is -0.862. The lowest BCUT2D eigenvalue weighted by Crippen LogP contribution is -2.46. The average Bonchev–Trinajstić information content (AvgIpc) is 2.44. The van der Waals surface area contributed by atoms with Crippen molar-refractivity contribution in [3.8, 4) is 28.7 Å². The van der Waals surface area contributed by atoms with E-state index < -0.39 is 11.7 Å². The smallest absolute Gasteiger partial charge is 0.157 e. The summed E-state index contributed by atoms with van der Waals surface area (Å²) >= 11 is 0. The van der Waals surface area contributed by atoms with Crippen LogP contribution in [0.25, 0.3) is 0 Å². The van der Waals surface area contributed by atoms with E-state index in [1.807, 2.05) is 0 Å². The first kappa shape index (κ1) is 14.3. The molecular formula is C16H16O6. The van der Waals surface area contributed by atoms with Gasteiger partial charge in [-0.25, -0.2) is 0 Å². The molecule has 0 radical (unpaired) electrons. The maximum Gasteiger partial charge on any atom is 0.157 e. The van der Waals surface area contributed by atoms with Gasteiger partial charge in [-0.05, 0) is 19.1 Å². The number of phenols is 4. The van der Waals surface area contributed by atoms with E-state index in [2.05, 4.69) is 0 Å². The minimum Gasteiger partial charge on any atom is -0.508 e. The zero-order chi connectivity index (χ0) is 16.1. The molecule has 1 heterocycles. The van der Waals surface area contributed by atoms with Gasteiger partial charge in [0.05, 0.1) is 0 Å². The number of hydrogen-bond donors (Lipinski definition) is 5. The lowest BCUT2D eigenvalue weighted by atomic mass is 9.83. The fourth-order valence-electron chi connectivity index (χ4n) is 2.68. The molecular weight excluding hydrogens is 288 g/mol. The summed E-state index contributed by atoms with van der Waals surface area (Å²) in [6.45, 7) is 1.63. The van der Waals surface area contributed by atoms with Crippen LogP contribution in [0.4, 0.5) is 0 Å². The Bertz CT molecular complexity index is 742. The Morgan fingerprint density at radius 3 is 2.41 bits per heavy atom. The number of aromatic hydroxyl groups is 4. The summed E-state index contributed by atoms with van der Waals surface area (Å²) in [7, 11) is 0. The molecule has 1 aliphatic heterocycles. The van der Waals surface area contributed by atoms with Crippen molar-refractivity contribution in [1.29, 1.82) is 0 Å². The summed E-state index contributed by atoms with van der Waals surface area (Å²) in [4.78, 5) is 0. The van der Waals surface area contributed by atoms with Gasteiger partial charge in [-0.3, -0.25) is 0 Å². The van der Waals surface area contributed by atoms with Crippen LogP contribution in [0.5, 0.6) is 28.7 Å². The van der Waals surface area contributed by atoms with Crippen LogP contribution >= 0.6 is 0 Å². The molecule has 0 spiro atoms. The minimum atomic E-state index is -1.20. The van der Waals surface area contributed by atoms with Gasteiger partial charge in [0.15, 0.2) is 17.1 Å². The molecule has 1 unspecified atom stereocenters. The van der Waals surface area contributed by atoms with Crippen LogP contribution in [-0.2, 0) is 12.0 Å². The molecule has 6 nitrogen and oxygen atoms in total. The fraction of sp³-hybridized carbons (Fsp3) is 0.250. The highest BCUT2D eigenvalue weighted by molar-refractivity contribution is 5.53. The van der Waals surface area contributed by atoms with E-state index in [-0.39, 0.29) is 35.2 Å². The Labute approximate surface area is 126 Å². The van der Waals surface area contributed by atoms with E-state index in [0.717, 1.165) is 0 Å². The molecule has 0 amide bonds. The summed E-state index contributed by atoms with van der Waals surface area (Å²) in [5.74, 6) is -0.626.